The number of hydrogen-bond acceptors (Lipinski definition) is 4. The van der Waals surface area contributed by atoms with Crippen LogP contribution in [0, 0.1) is 5.92 Å². The zero-order valence-electron chi connectivity index (χ0n) is 11.6. The van der Waals surface area contributed by atoms with Gasteiger partial charge in [-0.15, -0.1) is 5.10 Å². The first-order chi connectivity index (χ1) is 8.53. The summed E-state index contributed by atoms with van der Waals surface area (Å²) < 4.78 is 7.33. The lowest BCUT2D eigenvalue weighted by Crippen LogP contribution is -2.35. The molecule has 0 bridgehead atoms. The highest BCUT2D eigenvalue weighted by Gasteiger charge is 2.15. The Morgan fingerprint density at radius 2 is 2.11 bits per heavy atom. The van der Waals surface area contributed by atoms with Crippen molar-refractivity contribution in [1.82, 2.24) is 20.3 Å². The van der Waals surface area contributed by atoms with Gasteiger partial charge in [0.15, 0.2) is 0 Å². The summed E-state index contributed by atoms with van der Waals surface area (Å²) >= 11 is 0. The highest BCUT2D eigenvalue weighted by atomic mass is 16.5. The van der Waals surface area contributed by atoms with Gasteiger partial charge in [0.05, 0.1) is 5.69 Å². The first-order valence-corrected chi connectivity index (χ1v) is 6.75. The summed E-state index contributed by atoms with van der Waals surface area (Å²) in [5.41, 5.74) is 1.13. The van der Waals surface area contributed by atoms with Crippen LogP contribution in [0.4, 0.5) is 0 Å². The van der Waals surface area contributed by atoms with Crippen LogP contribution in [0.15, 0.2) is 6.20 Å². The van der Waals surface area contributed by atoms with Crippen molar-refractivity contribution in [2.75, 3.05) is 13.2 Å². The van der Waals surface area contributed by atoms with Gasteiger partial charge in [0.25, 0.3) is 0 Å². The van der Waals surface area contributed by atoms with Crippen LogP contribution in [0.2, 0.25) is 0 Å². The van der Waals surface area contributed by atoms with Gasteiger partial charge < -0.3 is 10.1 Å². The summed E-state index contributed by atoms with van der Waals surface area (Å²) in [7, 11) is 0. The lowest BCUT2D eigenvalue weighted by molar-refractivity contribution is 0.0600. The monoisotopic (exact) mass is 252 g/mol. The molecule has 1 aliphatic heterocycles. The molecule has 0 unspecified atom stereocenters. The maximum atomic E-state index is 5.36. The number of aromatic nitrogens is 3. The van der Waals surface area contributed by atoms with Crippen LogP contribution < -0.4 is 5.32 Å². The standard InChI is InChI=1S/C13H24N4O/c1-13(2,3)14-8-12-10-17(16-15-12)9-11-4-6-18-7-5-11/h10-11,14H,4-9H2,1-3H3. The van der Waals surface area contributed by atoms with Gasteiger partial charge in [-0.25, -0.2) is 0 Å². The van der Waals surface area contributed by atoms with Gasteiger partial charge in [0, 0.05) is 38.0 Å². The lowest BCUT2D eigenvalue weighted by atomic mass is 10.0. The number of ether oxygens (including phenoxy) is 1. The van der Waals surface area contributed by atoms with E-state index in [1.807, 2.05) is 10.9 Å². The van der Waals surface area contributed by atoms with Gasteiger partial charge in [0.1, 0.15) is 0 Å². The normalized spacial score (nSPS) is 18.2. The molecule has 5 nitrogen and oxygen atoms in total. The molecule has 102 valence electrons. The summed E-state index contributed by atoms with van der Waals surface area (Å²) in [4.78, 5) is 0. The molecule has 0 aliphatic carbocycles. The second-order valence-electron chi connectivity index (χ2n) is 6.09. The Morgan fingerprint density at radius 3 is 2.78 bits per heavy atom. The molecular formula is C13H24N4O. The van der Waals surface area contributed by atoms with Crippen LogP contribution in [0.1, 0.15) is 39.3 Å². The Kier molecular flexibility index (Phi) is 4.35. The second-order valence-corrected chi connectivity index (χ2v) is 6.09. The minimum Gasteiger partial charge on any atom is -0.381 e. The van der Waals surface area contributed by atoms with Crippen LogP contribution in [0.25, 0.3) is 0 Å². The predicted octanol–water partition coefficient (Wildman–Crippen LogP) is 1.59. The maximum absolute atomic E-state index is 5.36. The lowest BCUT2D eigenvalue weighted by Gasteiger charge is -2.21. The molecule has 0 atom stereocenters. The van der Waals surface area contributed by atoms with Crippen LogP contribution in [-0.4, -0.2) is 33.7 Å². The summed E-state index contributed by atoms with van der Waals surface area (Å²) in [5, 5.41) is 11.8. The van der Waals surface area contributed by atoms with E-state index in [0.717, 1.165) is 44.8 Å². The Bertz CT molecular complexity index is 363. The van der Waals surface area contributed by atoms with E-state index >= 15 is 0 Å². The zero-order valence-corrected chi connectivity index (χ0v) is 11.6. The molecule has 0 radical (unpaired) electrons. The number of nitrogens with one attached hydrogen (secondary N) is 1. The van der Waals surface area contributed by atoms with Crippen LogP contribution >= 0.6 is 0 Å². The van der Waals surface area contributed by atoms with E-state index in [4.69, 9.17) is 4.74 Å². The quantitative estimate of drug-likeness (QED) is 0.884. The van der Waals surface area contributed by atoms with E-state index in [-0.39, 0.29) is 5.54 Å². The number of nitrogens with zero attached hydrogens (tertiary/aromatic N) is 3. The van der Waals surface area contributed by atoms with E-state index in [1.54, 1.807) is 0 Å². The fraction of sp³-hybridized carbons (Fsp3) is 0.846. The first-order valence-electron chi connectivity index (χ1n) is 6.75. The summed E-state index contributed by atoms with van der Waals surface area (Å²) in [6.45, 7) is 9.97. The van der Waals surface area contributed by atoms with Gasteiger partial charge in [0.2, 0.25) is 0 Å². The Morgan fingerprint density at radius 1 is 1.39 bits per heavy atom. The van der Waals surface area contributed by atoms with Crippen LogP contribution in [-0.2, 0) is 17.8 Å². The molecular weight excluding hydrogens is 228 g/mol. The average Bonchev–Trinajstić information content (AvgIpc) is 2.75. The van der Waals surface area contributed by atoms with Gasteiger partial charge in [-0.3, -0.25) is 4.68 Å². The molecule has 1 aliphatic rings. The van der Waals surface area contributed by atoms with Crippen molar-refractivity contribution in [3.63, 3.8) is 0 Å². The summed E-state index contributed by atoms with van der Waals surface area (Å²) in [6.07, 6.45) is 4.32. The average molecular weight is 252 g/mol. The fourth-order valence-corrected chi connectivity index (χ4v) is 2.06. The smallest absolute Gasteiger partial charge is 0.0965 e. The maximum Gasteiger partial charge on any atom is 0.0965 e. The van der Waals surface area contributed by atoms with Crippen molar-refractivity contribution >= 4 is 0 Å². The highest BCUT2D eigenvalue weighted by molar-refractivity contribution is 4.93. The van der Waals surface area contributed by atoms with E-state index in [9.17, 15) is 0 Å². The minimum atomic E-state index is 0.116. The molecule has 1 N–H and O–H groups in total. The Labute approximate surface area is 109 Å². The van der Waals surface area contributed by atoms with Crippen molar-refractivity contribution in [2.24, 2.45) is 5.92 Å². The van der Waals surface area contributed by atoms with Gasteiger partial charge >= 0.3 is 0 Å². The molecule has 1 aromatic rings. The molecule has 1 saturated heterocycles. The molecule has 1 fully saturated rings. The van der Waals surface area contributed by atoms with Gasteiger partial charge in [-0.05, 0) is 39.5 Å². The van der Waals surface area contributed by atoms with Crippen molar-refractivity contribution in [1.29, 1.82) is 0 Å². The molecule has 2 rings (SSSR count). The number of rotatable bonds is 4. The Balaban J connectivity index is 1.82. The van der Waals surface area contributed by atoms with Crippen LogP contribution in [0.5, 0.6) is 0 Å². The second kappa shape index (κ2) is 5.80. The van der Waals surface area contributed by atoms with Crippen LogP contribution in [0.3, 0.4) is 0 Å². The third-order valence-electron chi connectivity index (χ3n) is 3.17. The summed E-state index contributed by atoms with van der Waals surface area (Å²) in [6, 6.07) is 0. The van der Waals surface area contributed by atoms with E-state index in [1.165, 1.54) is 0 Å². The van der Waals surface area contributed by atoms with Crippen molar-refractivity contribution in [2.45, 2.75) is 52.2 Å². The Hall–Kier alpha value is -0.940. The topological polar surface area (TPSA) is 52.0 Å². The van der Waals surface area contributed by atoms with Gasteiger partial charge in [-0.1, -0.05) is 5.21 Å². The molecule has 0 amide bonds. The molecule has 0 spiro atoms. The summed E-state index contributed by atoms with van der Waals surface area (Å²) in [5.74, 6) is 0.684. The largest absolute Gasteiger partial charge is 0.381 e. The van der Waals surface area contributed by atoms with Crippen molar-refractivity contribution in [3.05, 3.63) is 11.9 Å². The van der Waals surface area contributed by atoms with E-state index in [0.29, 0.717) is 5.92 Å². The third kappa shape index (κ3) is 4.38. The number of hydrogen-bond donors (Lipinski definition) is 1. The molecule has 1 aromatic heterocycles. The molecule has 5 heteroatoms. The minimum absolute atomic E-state index is 0.116. The molecule has 2 heterocycles. The van der Waals surface area contributed by atoms with Crippen molar-refractivity contribution < 1.29 is 4.74 Å². The van der Waals surface area contributed by atoms with E-state index < -0.39 is 0 Å². The molecule has 0 aromatic carbocycles. The highest BCUT2D eigenvalue weighted by Crippen LogP contribution is 2.16. The molecule has 0 saturated carbocycles. The zero-order chi connectivity index (χ0) is 13.0. The fourth-order valence-electron chi connectivity index (χ4n) is 2.06. The third-order valence-corrected chi connectivity index (χ3v) is 3.17. The predicted molar refractivity (Wildman–Crippen MR) is 70.2 cm³/mol. The van der Waals surface area contributed by atoms with Crippen molar-refractivity contribution in [3.8, 4) is 0 Å². The first kappa shape index (κ1) is 13.5. The van der Waals surface area contributed by atoms with Gasteiger partial charge in [-0.2, -0.15) is 0 Å². The van der Waals surface area contributed by atoms with E-state index in [2.05, 4.69) is 36.4 Å². The molecule has 18 heavy (non-hydrogen) atoms. The SMILES string of the molecule is CC(C)(C)NCc1cn(CC2CCOCC2)nn1.